The van der Waals surface area contributed by atoms with Crippen molar-refractivity contribution in [2.24, 2.45) is 11.8 Å². The van der Waals surface area contributed by atoms with Gasteiger partial charge >= 0.3 is 0 Å². The lowest BCUT2D eigenvalue weighted by molar-refractivity contribution is 0.288. The van der Waals surface area contributed by atoms with Gasteiger partial charge in [0.1, 0.15) is 11.6 Å². The quantitative estimate of drug-likeness (QED) is 0.619. The lowest BCUT2D eigenvalue weighted by Crippen LogP contribution is -2.19. The van der Waals surface area contributed by atoms with Gasteiger partial charge in [0, 0.05) is 11.5 Å². The van der Waals surface area contributed by atoms with Crippen molar-refractivity contribution < 1.29 is 4.74 Å². The van der Waals surface area contributed by atoms with Crippen molar-refractivity contribution in [3.8, 4) is 5.88 Å². The van der Waals surface area contributed by atoms with Gasteiger partial charge in [0.2, 0.25) is 5.88 Å². The van der Waals surface area contributed by atoms with Crippen LogP contribution in [0.15, 0.2) is 6.07 Å². The van der Waals surface area contributed by atoms with E-state index in [2.05, 4.69) is 36.2 Å². The number of hydrogen-bond acceptors (Lipinski definition) is 5. The molecule has 0 aliphatic heterocycles. The molecule has 18 heavy (non-hydrogen) atoms. The van der Waals surface area contributed by atoms with Crippen molar-refractivity contribution in [3.63, 3.8) is 0 Å². The fourth-order valence-corrected chi connectivity index (χ4v) is 1.64. The van der Waals surface area contributed by atoms with Gasteiger partial charge in [-0.3, -0.25) is 0 Å². The Hall–Kier alpha value is -1.36. The maximum atomic E-state index is 5.69. The number of hydrogen-bond donors (Lipinski definition) is 2. The minimum atomic E-state index is -0.124. The zero-order valence-corrected chi connectivity index (χ0v) is 11.4. The summed E-state index contributed by atoms with van der Waals surface area (Å²) >= 11 is 0. The first-order valence-electron chi connectivity index (χ1n) is 6.48. The molecule has 1 aromatic heterocycles. The average molecular weight is 250 g/mol. The highest BCUT2D eigenvalue weighted by Gasteiger charge is 2.22. The molecule has 0 aromatic carbocycles. The fraction of sp³-hybridized carbons (Fsp3) is 0.692. The van der Waals surface area contributed by atoms with Gasteiger partial charge in [0.15, 0.2) is 0 Å². The van der Waals surface area contributed by atoms with Crippen LogP contribution in [0.2, 0.25) is 0 Å². The molecule has 0 spiro atoms. The van der Waals surface area contributed by atoms with Crippen LogP contribution in [-0.4, -0.2) is 16.6 Å². The highest BCUT2D eigenvalue weighted by Crippen LogP contribution is 2.32. The number of hydrazine groups is 1. The number of nitrogens with two attached hydrogens (primary N) is 1. The van der Waals surface area contributed by atoms with E-state index in [1.165, 1.54) is 12.8 Å². The Labute approximate surface area is 108 Å². The largest absolute Gasteiger partial charge is 0.478 e. The molecule has 1 aliphatic carbocycles. The summed E-state index contributed by atoms with van der Waals surface area (Å²) in [5.41, 5.74) is 2.44. The Morgan fingerprint density at radius 3 is 2.67 bits per heavy atom. The van der Waals surface area contributed by atoms with E-state index in [1.54, 1.807) is 6.07 Å². The molecule has 0 saturated heterocycles. The Balaban J connectivity index is 2.07. The molecule has 0 unspecified atom stereocenters. The standard InChI is InChI=1S/C13H22N4O/c1-13(2,3)12-15-10(17-14)8-11(16-12)18-7-6-9-4-5-9/h8-9H,4-7,14H2,1-3H3,(H,15,16,17). The summed E-state index contributed by atoms with van der Waals surface area (Å²) in [5.74, 6) is 8.21. The van der Waals surface area contributed by atoms with Gasteiger partial charge in [-0.2, -0.15) is 4.98 Å². The molecule has 1 aromatic rings. The van der Waals surface area contributed by atoms with Crippen LogP contribution in [-0.2, 0) is 5.41 Å². The van der Waals surface area contributed by atoms with Gasteiger partial charge in [-0.1, -0.05) is 33.6 Å². The van der Waals surface area contributed by atoms with Crippen LogP contribution in [0.1, 0.15) is 45.9 Å². The van der Waals surface area contributed by atoms with E-state index < -0.39 is 0 Å². The Morgan fingerprint density at radius 2 is 2.11 bits per heavy atom. The lowest BCUT2D eigenvalue weighted by Gasteiger charge is -2.18. The smallest absolute Gasteiger partial charge is 0.218 e. The highest BCUT2D eigenvalue weighted by atomic mass is 16.5. The molecular formula is C13H22N4O. The third-order valence-corrected chi connectivity index (χ3v) is 2.99. The molecule has 5 heteroatoms. The van der Waals surface area contributed by atoms with Gasteiger partial charge in [0.05, 0.1) is 6.61 Å². The predicted molar refractivity (Wildman–Crippen MR) is 71.4 cm³/mol. The summed E-state index contributed by atoms with van der Waals surface area (Å²) < 4.78 is 5.69. The van der Waals surface area contributed by atoms with Crippen molar-refractivity contribution in [2.45, 2.75) is 45.4 Å². The zero-order valence-electron chi connectivity index (χ0n) is 11.4. The van der Waals surface area contributed by atoms with Crippen LogP contribution in [0.5, 0.6) is 5.88 Å². The highest BCUT2D eigenvalue weighted by molar-refractivity contribution is 5.37. The molecule has 2 rings (SSSR count). The SMILES string of the molecule is CC(C)(C)c1nc(NN)cc(OCCC2CC2)n1. The second-order valence-corrected chi connectivity index (χ2v) is 5.89. The third kappa shape index (κ3) is 3.57. The van der Waals surface area contributed by atoms with Crippen LogP contribution >= 0.6 is 0 Å². The normalized spacial score (nSPS) is 15.6. The van der Waals surface area contributed by atoms with Crippen molar-refractivity contribution in [1.29, 1.82) is 0 Å². The van der Waals surface area contributed by atoms with Gasteiger partial charge in [-0.25, -0.2) is 10.8 Å². The summed E-state index contributed by atoms with van der Waals surface area (Å²) in [5, 5.41) is 0. The first-order valence-corrected chi connectivity index (χ1v) is 6.48. The number of anilines is 1. The van der Waals surface area contributed by atoms with Crippen molar-refractivity contribution in [3.05, 3.63) is 11.9 Å². The molecule has 0 bridgehead atoms. The predicted octanol–water partition coefficient (Wildman–Crippen LogP) is 2.24. The Bertz CT molecular complexity index is 410. The molecule has 0 atom stereocenters. The van der Waals surface area contributed by atoms with Crippen molar-refractivity contribution in [2.75, 3.05) is 12.0 Å². The minimum absolute atomic E-state index is 0.124. The van der Waals surface area contributed by atoms with Crippen molar-refractivity contribution in [1.82, 2.24) is 9.97 Å². The van der Waals surface area contributed by atoms with Crippen LogP contribution < -0.4 is 16.0 Å². The molecule has 0 amide bonds. The van der Waals surface area contributed by atoms with E-state index in [-0.39, 0.29) is 5.41 Å². The molecule has 1 heterocycles. The maximum absolute atomic E-state index is 5.69. The van der Waals surface area contributed by atoms with E-state index in [9.17, 15) is 0 Å². The van der Waals surface area contributed by atoms with Crippen LogP contribution in [0.4, 0.5) is 5.82 Å². The second kappa shape index (κ2) is 5.10. The van der Waals surface area contributed by atoms with Crippen LogP contribution in [0, 0.1) is 5.92 Å². The molecule has 0 radical (unpaired) electrons. The summed E-state index contributed by atoms with van der Waals surface area (Å²) in [4.78, 5) is 8.79. The van der Waals surface area contributed by atoms with E-state index in [1.807, 2.05) is 0 Å². The van der Waals surface area contributed by atoms with Gasteiger partial charge in [-0.05, 0) is 12.3 Å². The molecule has 100 valence electrons. The number of nitrogen functional groups attached to an aromatic ring is 1. The summed E-state index contributed by atoms with van der Waals surface area (Å²) in [6.07, 6.45) is 3.80. The Kier molecular flexibility index (Phi) is 3.71. The van der Waals surface area contributed by atoms with Crippen LogP contribution in [0.3, 0.4) is 0 Å². The Morgan fingerprint density at radius 1 is 1.39 bits per heavy atom. The molecule has 1 fully saturated rings. The zero-order chi connectivity index (χ0) is 13.2. The number of aromatic nitrogens is 2. The first-order chi connectivity index (χ1) is 8.49. The molecular weight excluding hydrogens is 228 g/mol. The first kappa shape index (κ1) is 13.1. The van der Waals surface area contributed by atoms with Gasteiger partial charge in [-0.15, -0.1) is 0 Å². The summed E-state index contributed by atoms with van der Waals surface area (Å²) in [6.45, 7) is 6.92. The molecule has 3 N–H and O–H groups in total. The van der Waals surface area contributed by atoms with Gasteiger partial charge in [0.25, 0.3) is 0 Å². The van der Waals surface area contributed by atoms with E-state index >= 15 is 0 Å². The second-order valence-electron chi connectivity index (χ2n) is 5.89. The monoisotopic (exact) mass is 250 g/mol. The summed E-state index contributed by atoms with van der Waals surface area (Å²) in [6, 6.07) is 1.74. The third-order valence-electron chi connectivity index (χ3n) is 2.99. The lowest BCUT2D eigenvalue weighted by atomic mass is 9.96. The molecule has 1 aliphatic rings. The summed E-state index contributed by atoms with van der Waals surface area (Å²) in [7, 11) is 0. The minimum Gasteiger partial charge on any atom is -0.478 e. The van der Waals surface area contributed by atoms with Crippen molar-refractivity contribution >= 4 is 5.82 Å². The number of ether oxygens (including phenoxy) is 1. The number of nitrogens with one attached hydrogen (secondary N) is 1. The molecule has 5 nitrogen and oxygen atoms in total. The van der Waals surface area contributed by atoms with E-state index in [4.69, 9.17) is 10.6 Å². The number of nitrogens with zero attached hydrogens (tertiary/aromatic N) is 2. The molecule has 1 saturated carbocycles. The number of rotatable bonds is 5. The average Bonchev–Trinajstić information content (AvgIpc) is 3.11. The van der Waals surface area contributed by atoms with E-state index in [0.717, 1.165) is 24.8 Å². The van der Waals surface area contributed by atoms with Gasteiger partial charge < -0.3 is 10.2 Å². The fourth-order valence-electron chi connectivity index (χ4n) is 1.64. The topological polar surface area (TPSA) is 73.1 Å². The maximum Gasteiger partial charge on any atom is 0.218 e. The van der Waals surface area contributed by atoms with E-state index in [0.29, 0.717) is 11.7 Å². The van der Waals surface area contributed by atoms with Crippen LogP contribution in [0.25, 0.3) is 0 Å².